The van der Waals surface area contributed by atoms with E-state index >= 15 is 0 Å². The van der Waals surface area contributed by atoms with E-state index in [0.717, 1.165) is 31.5 Å². The summed E-state index contributed by atoms with van der Waals surface area (Å²) in [6.45, 7) is 4.14. The first-order valence-corrected chi connectivity index (χ1v) is 10.7. The van der Waals surface area contributed by atoms with Crippen LogP contribution in [0.2, 0.25) is 0 Å². The minimum Gasteiger partial charge on any atom is -0.384 e. The average Bonchev–Trinajstić information content (AvgIpc) is 3.06. The monoisotopic (exact) mass is 384 g/mol. The molecular formula is C18H26NO6S+. The van der Waals surface area contributed by atoms with Crippen LogP contribution in [-0.4, -0.2) is 63.9 Å². The van der Waals surface area contributed by atoms with Gasteiger partial charge in [-0.05, 0) is 38.3 Å². The van der Waals surface area contributed by atoms with Gasteiger partial charge in [-0.25, -0.2) is 0 Å². The number of likely N-dealkylation sites (tertiary alicyclic amines) is 1. The predicted octanol–water partition coefficient (Wildman–Crippen LogP) is -0.378. The molecule has 26 heavy (non-hydrogen) atoms. The van der Waals surface area contributed by atoms with Crippen LogP contribution in [0.4, 0.5) is 0 Å². The number of aryl methyl sites for hydroxylation is 1. The summed E-state index contributed by atoms with van der Waals surface area (Å²) in [5, 5.41) is 10.9. The molecule has 3 aliphatic rings. The van der Waals surface area contributed by atoms with E-state index < -0.39 is 28.6 Å². The quantitative estimate of drug-likeness (QED) is 0.689. The number of aliphatic hydroxyl groups is 1. The van der Waals surface area contributed by atoms with Gasteiger partial charge in [-0.15, -0.1) is 0 Å². The zero-order valence-electron chi connectivity index (χ0n) is 14.8. The number of hydrogen-bond acceptors (Lipinski definition) is 6. The summed E-state index contributed by atoms with van der Waals surface area (Å²) in [5.74, 6) is 0. The van der Waals surface area contributed by atoms with Crippen LogP contribution in [0, 0.1) is 6.92 Å². The maximum Gasteiger partial charge on any atom is 0.297 e. The molecule has 0 aliphatic carbocycles. The molecule has 0 saturated carbocycles. The molecule has 2 bridgehead atoms. The van der Waals surface area contributed by atoms with Gasteiger partial charge in [0.2, 0.25) is 0 Å². The lowest BCUT2D eigenvalue weighted by Gasteiger charge is -2.41. The highest BCUT2D eigenvalue weighted by molar-refractivity contribution is 7.86. The second-order valence-corrected chi connectivity index (χ2v) is 9.01. The standard InChI is InChI=1S/C18H25NO6S/c1-12-5-7-13(8-6-12)26(21,22)25-17-16(20)15(14-11-23-18(17)24-14)19-9-3-2-4-10-19/h5-8,14-18,20H,2-4,9-11H2,1H3/p+1/t14-,15-,16-,17-,18-/m0/s1. The summed E-state index contributed by atoms with van der Waals surface area (Å²) in [5.41, 5.74) is 0.959. The van der Waals surface area contributed by atoms with Gasteiger partial charge in [-0.3, -0.25) is 4.18 Å². The molecule has 7 nitrogen and oxygen atoms in total. The van der Waals surface area contributed by atoms with Crippen molar-refractivity contribution in [3.8, 4) is 0 Å². The summed E-state index contributed by atoms with van der Waals surface area (Å²) in [7, 11) is -4.02. The van der Waals surface area contributed by atoms with E-state index in [1.165, 1.54) is 23.5 Å². The molecule has 3 saturated heterocycles. The fourth-order valence-electron chi connectivity index (χ4n) is 4.24. The molecule has 0 radical (unpaired) electrons. The molecule has 5 atom stereocenters. The van der Waals surface area contributed by atoms with Gasteiger partial charge < -0.3 is 19.5 Å². The second-order valence-electron chi connectivity index (χ2n) is 7.44. The van der Waals surface area contributed by atoms with E-state index in [1.54, 1.807) is 12.1 Å². The molecular weight excluding hydrogens is 358 g/mol. The van der Waals surface area contributed by atoms with Gasteiger partial charge in [0.25, 0.3) is 10.1 Å². The largest absolute Gasteiger partial charge is 0.384 e. The fourth-order valence-corrected chi connectivity index (χ4v) is 5.32. The summed E-state index contributed by atoms with van der Waals surface area (Å²) in [4.78, 5) is 1.32. The van der Waals surface area contributed by atoms with Gasteiger partial charge in [-0.1, -0.05) is 17.7 Å². The lowest BCUT2D eigenvalue weighted by molar-refractivity contribution is -0.938. The molecule has 1 aromatic carbocycles. The van der Waals surface area contributed by atoms with Crippen molar-refractivity contribution in [2.24, 2.45) is 0 Å². The van der Waals surface area contributed by atoms with Crippen LogP contribution in [0.25, 0.3) is 0 Å². The van der Waals surface area contributed by atoms with Crippen LogP contribution in [-0.2, 0) is 23.8 Å². The molecule has 144 valence electrons. The van der Waals surface area contributed by atoms with Crippen molar-refractivity contribution < 1.29 is 32.1 Å². The number of nitrogens with one attached hydrogen (secondary N) is 1. The third-order valence-electron chi connectivity index (χ3n) is 5.62. The smallest absolute Gasteiger partial charge is 0.297 e. The van der Waals surface area contributed by atoms with E-state index in [2.05, 4.69) is 0 Å². The van der Waals surface area contributed by atoms with Gasteiger partial charge in [0.15, 0.2) is 12.4 Å². The molecule has 3 fully saturated rings. The Bertz CT molecular complexity index is 731. The van der Waals surface area contributed by atoms with Crippen LogP contribution < -0.4 is 4.90 Å². The number of aliphatic hydroxyl groups excluding tert-OH is 1. The number of quaternary nitrogens is 1. The number of rotatable bonds is 4. The normalized spacial score (nSPS) is 35.5. The van der Waals surface area contributed by atoms with Crippen molar-refractivity contribution in [3.63, 3.8) is 0 Å². The Hall–Kier alpha value is -1.03. The molecule has 0 unspecified atom stereocenters. The van der Waals surface area contributed by atoms with Crippen molar-refractivity contribution in [2.45, 2.75) is 61.7 Å². The number of hydrogen-bond donors (Lipinski definition) is 2. The molecule has 0 spiro atoms. The van der Waals surface area contributed by atoms with E-state index in [1.807, 2.05) is 6.92 Å². The third-order valence-corrected chi connectivity index (χ3v) is 6.95. The summed E-state index contributed by atoms with van der Waals surface area (Å²) in [6.07, 6.45) is 0.319. The second kappa shape index (κ2) is 7.18. The van der Waals surface area contributed by atoms with Gasteiger partial charge >= 0.3 is 0 Å². The van der Waals surface area contributed by atoms with E-state index in [4.69, 9.17) is 13.7 Å². The number of piperidine rings is 1. The zero-order chi connectivity index (χ0) is 18.3. The maximum atomic E-state index is 12.7. The highest BCUT2D eigenvalue weighted by Crippen LogP contribution is 2.31. The molecule has 2 N–H and O–H groups in total. The van der Waals surface area contributed by atoms with Crippen LogP contribution in [0.15, 0.2) is 29.2 Å². The predicted molar refractivity (Wildman–Crippen MR) is 92.2 cm³/mol. The molecule has 1 aromatic rings. The van der Waals surface area contributed by atoms with Gasteiger partial charge in [0.1, 0.15) is 18.2 Å². The highest BCUT2D eigenvalue weighted by Gasteiger charge is 2.56. The zero-order valence-corrected chi connectivity index (χ0v) is 15.7. The Labute approximate surface area is 154 Å². The average molecular weight is 384 g/mol. The van der Waals surface area contributed by atoms with E-state index in [0.29, 0.717) is 6.61 Å². The van der Waals surface area contributed by atoms with Crippen LogP contribution >= 0.6 is 0 Å². The summed E-state index contributed by atoms with van der Waals surface area (Å²) < 4.78 is 42.2. The molecule has 3 aliphatic heterocycles. The van der Waals surface area contributed by atoms with Gasteiger partial charge in [-0.2, -0.15) is 8.42 Å². The van der Waals surface area contributed by atoms with Crippen LogP contribution in [0.3, 0.4) is 0 Å². The number of fused-ring (bicyclic) bond motifs is 2. The Morgan fingerprint density at radius 3 is 2.54 bits per heavy atom. The van der Waals surface area contributed by atoms with Gasteiger partial charge in [0, 0.05) is 0 Å². The Balaban J connectivity index is 1.56. The lowest BCUT2D eigenvalue weighted by atomic mass is 9.94. The highest BCUT2D eigenvalue weighted by atomic mass is 32.2. The van der Waals surface area contributed by atoms with Gasteiger partial charge in [0.05, 0.1) is 24.6 Å². The molecule has 4 rings (SSSR count). The molecule has 0 amide bonds. The topological polar surface area (TPSA) is 86.5 Å². The van der Waals surface area contributed by atoms with E-state index in [9.17, 15) is 13.5 Å². The van der Waals surface area contributed by atoms with E-state index in [-0.39, 0.29) is 17.0 Å². The van der Waals surface area contributed by atoms with Crippen LogP contribution in [0.1, 0.15) is 24.8 Å². The number of ether oxygens (including phenoxy) is 2. The first-order valence-electron chi connectivity index (χ1n) is 9.25. The van der Waals surface area contributed by atoms with Crippen molar-refractivity contribution in [2.75, 3.05) is 19.7 Å². The van der Waals surface area contributed by atoms with Crippen LogP contribution in [0.5, 0.6) is 0 Å². The summed E-state index contributed by atoms with van der Waals surface area (Å²) >= 11 is 0. The molecule has 0 aromatic heterocycles. The Kier molecular flexibility index (Phi) is 5.06. The first kappa shape index (κ1) is 18.3. The maximum absolute atomic E-state index is 12.7. The van der Waals surface area contributed by atoms with Crippen molar-refractivity contribution >= 4 is 10.1 Å². The minimum atomic E-state index is -4.02. The lowest BCUT2D eigenvalue weighted by Crippen LogP contribution is -3.19. The summed E-state index contributed by atoms with van der Waals surface area (Å²) in [6, 6.07) is 6.21. The number of benzene rings is 1. The van der Waals surface area contributed by atoms with Crippen molar-refractivity contribution in [3.05, 3.63) is 29.8 Å². The fraction of sp³-hybridized carbons (Fsp3) is 0.667. The third kappa shape index (κ3) is 3.42. The first-order chi connectivity index (χ1) is 12.5. The SMILES string of the molecule is Cc1ccc(S(=O)(=O)O[C@@H]2[C@H]3OC[C@H](O3)[C@H]([NH+]3CCCCC3)[C@@H]2O)cc1. The van der Waals surface area contributed by atoms with Crippen molar-refractivity contribution in [1.29, 1.82) is 0 Å². The Morgan fingerprint density at radius 1 is 1.15 bits per heavy atom. The van der Waals surface area contributed by atoms with Crippen molar-refractivity contribution in [1.82, 2.24) is 0 Å². The molecule has 3 heterocycles. The molecule has 8 heteroatoms. The Morgan fingerprint density at radius 2 is 1.85 bits per heavy atom. The minimum absolute atomic E-state index is 0.0669.